The Hall–Kier alpha value is -0.123. The number of nitrogens with zero attached hydrogens (tertiary/aromatic N) is 2. The van der Waals surface area contributed by atoms with Crippen molar-refractivity contribution in [3.8, 4) is 0 Å². The molecule has 0 radical (unpaired) electrons. The van der Waals surface area contributed by atoms with Gasteiger partial charge in [-0.05, 0) is 58.3 Å². The van der Waals surface area contributed by atoms with Gasteiger partial charge in [-0.2, -0.15) is 0 Å². The summed E-state index contributed by atoms with van der Waals surface area (Å²) in [6.45, 7) is 9.26. The van der Waals surface area contributed by atoms with Crippen molar-refractivity contribution < 1.29 is 0 Å². The predicted octanol–water partition coefficient (Wildman–Crippen LogP) is 2.01. The third kappa shape index (κ3) is 3.93. The summed E-state index contributed by atoms with van der Waals surface area (Å²) in [6, 6.07) is 1.46. The highest BCUT2D eigenvalue weighted by Crippen LogP contribution is 2.23. The lowest BCUT2D eigenvalue weighted by atomic mass is 10.2. The number of rotatable bonds is 7. The topological polar surface area (TPSA) is 6.48 Å². The summed E-state index contributed by atoms with van der Waals surface area (Å²) in [5.41, 5.74) is 2.20. The number of likely N-dealkylation sites (tertiary alicyclic amines) is 2. The molecular weight excluding hydrogens is 224 g/mol. The Morgan fingerprint density at radius 3 is 2.00 bits per heavy atom. The van der Waals surface area contributed by atoms with Crippen LogP contribution in [-0.4, -0.2) is 51.7 Å². The Balaban J connectivity index is 1.80. The lowest BCUT2D eigenvalue weighted by Crippen LogP contribution is -2.45. The van der Waals surface area contributed by atoms with Gasteiger partial charge in [-0.3, -0.25) is 9.80 Å². The van der Waals surface area contributed by atoms with Gasteiger partial charge in [0.2, 0.25) is 0 Å². The largest absolute Gasteiger partial charge is 0.288 e. The molecule has 2 nitrogen and oxygen atoms in total. The molecule has 2 fully saturated rings. The molecule has 2 saturated heterocycles. The van der Waals surface area contributed by atoms with Gasteiger partial charge in [-0.25, -0.2) is 0 Å². The van der Waals surface area contributed by atoms with Crippen molar-refractivity contribution >= 4 is 9.52 Å². The third-order valence-corrected chi connectivity index (χ3v) is 5.56. The second-order valence-electron chi connectivity index (χ2n) is 5.54. The third-order valence-electron chi connectivity index (χ3n) is 4.24. The maximum absolute atomic E-state index is 3.87. The van der Waals surface area contributed by atoms with E-state index in [9.17, 15) is 0 Å². The summed E-state index contributed by atoms with van der Waals surface area (Å²) in [7, 11) is 0.0625. The van der Waals surface area contributed by atoms with Crippen LogP contribution in [0.4, 0.5) is 0 Å². The highest BCUT2D eigenvalue weighted by molar-refractivity contribution is 6.41. The maximum atomic E-state index is 3.87. The van der Waals surface area contributed by atoms with Gasteiger partial charge in [-0.15, -0.1) is 12.3 Å². The lowest BCUT2D eigenvalue weighted by molar-refractivity contribution is 0.0714. The smallest absolute Gasteiger partial charge is 0.0622 e. The summed E-state index contributed by atoms with van der Waals surface area (Å²) in [6.07, 6.45) is 9.30. The zero-order valence-electron chi connectivity index (χ0n) is 11.2. The number of hydrogen-bond donors (Lipinski definition) is 0. The van der Waals surface area contributed by atoms with Crippen LogP contribution in [0.1, 0.15) is 38.5 Å². The Morgan fingerprint density at radius 2 is 1.53 bits per heavy atom. The second-order valence-corrected chi connectivity index (χ2v) is 7.40. The van der Waals surface area contributed by atoms with E-state index in [2.05, 4.69) is 22.1 Å². The quantitative estimate of drug-likeness (QED) is 0.505. The van der Waals surface area contributed by atoms with Crippen LogP contribution in [0.5, 0.6) is 0 Å². The summed E-state index contributed by atoms with van der Waals surface area (Å²) in [5.74, 6) is 0. The monoisotopic (exact) mass is 252 g/mol. The minimum atomic E-state index is 0.0625. The summed E-state index contributed by atoms with van der Waals surface area (Å²) >= 11 is 0. The Bertz CT molecular complexity index is 204. The highest BCUT2D eigenvalue weighted by Gasteiger charge is 2.28. The van der Waals surface area contributed by atoms with Crippen molar-refractivity contribution in [2.75, 3.05) is 26.2 Å². The molecule has 0 spiro atoms. The molecule has 0 unspecified atom stereocenters. The van der Waals surface area contributed by atoms with Gasteiger partial charge in [0.1, 0.15) is 0 Å². The van der Waals surface area contributed by atoms with Gasteiger partial charge >= 0.3 is 0 Å². The van der Waals surface area contributed by atoms with Gasteiger partial charge in [0.25, 0.3) is 0 Å². The van der Waals surface area contributed by atoms with Crippen molar-refractivity contribution in [1.82, 2.24) is 9.80 Å². The van der Waals surface area contributed by atoms with Gasteiger partial charge in [0.05, 0.1) is 6.17 Å². The molecule has 2 aliphatic rings. The van der Waals surface area contributed by atoms with Crippen LogP contribution in [-0.2, 0) is 0 Å². The molecule has 0 atom stereocenters. The molecule has 0 bridgehead atoms. The van der Waals surface area contributed by atoms with Crippen molar-refractivity contribution in [3.05, 3.63) is 12.3 Å². The molecule has 2 aliphatic heterocycles. The van der Waals surface area contributed by atoms with E-state index < -0.39 is 0 Å². The van der Waals surface area contributed by atoms with E-state index in [0.717, 1.165) is 6.17 Å². The van der Waals surface area contributed by atoms with E-state index in [1.165, 1.54) is 70.7 Å². The van der Waals surface area contributed by atoms with Crippen LogP contribution >= 0.6 is 0 Å². The van der Waals surface area contributed by atoms with Crippen LogP contribution in [0.3, 0.4) is 0 Å². The van der Waals surface area contributed by atoms with Crippen LogP contribution in [0, 0.1) is 0 Å². The van der Waals surface area contributed by atoms with E-state index >= 15 is 0 Å². The first-order chi connectivity index (χ1) is 8.42. The number of hydrogen-bond acceptors (Lipinski definition) is 2. The average Bonchev–Trinajstić information content (AvgIpc) is 3.02. The van der Waals surface area contributed by atoms with Gasteiger partial charge in [0, 0.05) is 9.52 Å². The van der Waals surface area contributed by atoms with Crippen LogP contribution in [0.15, 0.2) is 12.3 Å². The molecule has 0 aromatic rings. The minimum absolute atomic E-state index is 0.0625. The average molecular weight is 252 g/mol. The van der Waals surface area contributed by atoms with Crippen molar-refractivity contribution in [2.45, 2.75) is 50.7 Å². The fraction of sp³-hybridized carbons (Fsp3) is 0.857. The zero-order chi connectivity index (χ0) is 11.9. The summed E-state index contributed by atoms with van der Waals surface area (Å²) in [5, 5.41) is 0. The molecule has 0 aromatic heterocycles. The minimum Gasteiger partial charge on any atom is -0.288 e. The molecule has 0 aliphatic carbocycles. The molecule has 2 rings (SSSR count). The van der Waals surface area contributed by atoms with E-state index in [0.29, 0.717) is 0 Å². The molecule has 98 valence electrons. The van der Waals surface area contributed by atoms with Crippen LogP contribution in [0.25, 0.3) is 0 Å². The van der Waals surface area contributed by atoms with E-state index in [-0.39, 0.29) is 9.52 Å². The molecule has 0 N–H and O–H groups in total. The van der Waals surface area contributed by atoms with E-state index in [4.69, 9.17) is 0 Å². The SMILES string of the molecule is C=C[SiH2]CCCC(N1CCCC1)N1CCCC1. The molecule has 2 heterocycles. The van der Waals surface area contributed by atoms with Crippen LogP contribution < -0.4 is 0 Å². The Labute approximate surface area is 109 Å². The molecule has 0 amide bonds. The second kappa shape index (κ2) is 7.34. The highest BCUT2D eigenvalue weighted by atomic mass is 28.2. The molecule has 17 heavy (non-hydrogen) atoms. The van der Waals surface area contributed by atoms with Gasteiger partial charge in [0.15, 0.2) is 0 Å². The first-order valence-corrected chi connectivity index (χ1v) is 9.32. The van der Waals surface area contributed by atoms with Gasteiger partial charge < -0.3 is 0 Å². The first kappa shape index (κ1) is 13.3. The molecule has 0 saturated carbocycles. The Morgan fingerprint density at radius 1 is 1.00 bits per heavy atom. The fourth-order valence-electron chi connectivity index (χ4n) is 3.29. The van der Waals surface area contributed by atoms with Crippen molar-refractivity contribution in [1.29, 1.82) is 0 Å². The fourth-order valence-corrected chi connectivity index (χ4v) is 4.16. The van der Waals surface area contributed by atoms with E-state index in [1.54, 1.807) is 0 Å². The lowest BCUT2D eigenvalue weighted by Gasteiger charge is -2.35. The predicted molar refractivity (Wildman–Crippen MR) is 78.2 cm³/mol. The van der Waals surface area contributed by atoms with Crippen LogP contribution in [0.2, 0.25) is 6.04 Å². The molecule has 3 heteroatoms. The van der Waals surface area contributed by atoms with Crippen molar-refractivity contribution in [3.63, 3.8) is 0 Å². The summed E-state index contributed by atoms with van der Waals surface area (Å²) < 4.78 is 0. The zero-order valence-corrected chi connectivity index (χ0v) is 12.7. The Kier molecular flexibility index (Phi) is 5.75. The van der Waals surface area contributed by atoms with Crippen molar-refractivity contribution in [2.24, 2.45) is 0 Å². The van der Waals surface area contributed by atoms with E-state index in [1.807, 2.05) is 0 Å². The molecular formula is C14H28N2Si. The van der Waals surface area contributed by atoms with Gasteiger partial charge in [-0.1, -0.05) is 12.5 Å². The summed E-state index contributed by atoms with van der Waals surface area (Å²) in [4.78, 5) is 5.50. The first-order valence-electron chi connectivity index (χ1n) is 7.51. The normalized spacial score (nSPS) is 23.4. The molecule has 0 aromatic carbocycles. The maximum Gasteiger partial charge on any atom is 0.0622 e. The standard InChI is InChI=1S/C14H28N2Si/c1-2-17-13-7-8-14(15-9-3-4-10-15)16-11-5-6-12-16/h2,14H,1,3-13,17H2.